The van der Waals surface area contributed by atoms with Crippen LogP contribution in [0, 0.1) is 12.7 Å². The number of benzene rings is 1. The maximum atomic E-state index is 13.5. The Hall–Kier alpha value is -3.00. The Balaban J connectivity index is 1.40. The lowest BCUT2D eigenvalue weighted by Crippen LogP contribution is -2.33. The summed E-state index contributed by atoms with van der Waals surface area (Å²) in [5, 5.41) is 4.06. The number of aryl methyl sites for hydroxylation is 1. The number of rotatable bonds is 7. The zero-order chi connectivity index (χ0) is 21.8. The lowest BCUT2D eigenvalue weighted by molar-refractivity contribution is -0.132. The first kappa shape index (κ1) is 21.2. The Kier molecular flexibility index (Phi) is 6.46. The van der Waals surface area contributed by atoms with Crippen molar-refractivity contribution in [2.24, 2.45) is 0 Å². The molecule has 1 amide bonds. The van der Waals surface area contributed by atoms with Crippen LogP contribution in [0.15, 0.2) is 48.7 Å². The second-order valence-corrected chi connectivity index (χ2v) is 8.98. The van der Waals surface area contributed by atoms with Gasteiger partial charge < -0.3 is 15.1 Å². The third-order valence-corrected chi connectivity index (χ3v) is 6.28. The van der Waals surface area contributed by atoms with Crippen LogP contribution in [0.3, 0.4) is 0 Å². The fourth-order valence-corrected chi connectivity index (χ4v) is 4.52. The van der Waals surface area contributed by atoms with E-state index in [1.165, 1.54) is 12.1 Å². The van der Waals surface area contributed by atoms with Gasteiger partial charge in [0.15, 0.2) is 5.13 Å². The fourth-order valence-electron chi connectivity index (χ4n) is 3.85. The van der Waals surface area contributed by atoms with Gasteiger partial charge in [0.25, 0.3) is 0 Å². The highest BCUT2D eigenvalue weighted by Gasteiger charge is 2.30. The summed E-state index contributed by atoms with van der Waals surface area (Å²) < 4.78 is 13.5. The number of anilines is 3. The number of carbonyl (C=O) groups is 1. The Labute approximate surface area is 185 Å². The summed E-state index contributed by atoms with van der Waals surface area (Å²) in [6.45, 7) is 3.28. The van der Waals surface area contributed by atoms with Gasteiger partial charge in [0.05, 0.1) is 11.7 Å². The topological polar surface area (TPSA) is 61.4 Å². The summed E-state index contributed by atoms with van der Waals surface area (Å²) in [6, 6.07) is 12.3. The molecular weight excluding hydrogens is 413 g/mol. The van der Waals surface area contributed by atoms with E-state index in [0.717, 1.165) is 46.6 Å². The van der Waals surface area contributed by atoms with Crippen LogP contribution < -0.4 is 10.2 Å². The number of carbonyl (C=O) groups excluding carboxylic acids is 1. The minimum Gasteiger partial charge on any atom is -0.374 e. The second kappa shape index (κ2) is 9.43. The molecule has 0 spiro atoms. The first-order valence-corrected chi connectivity index (χ1v) is 11.2. The Morgan fingerprint density at radius 1 is 1.32 bits per heavy atom. The number of likely N-dealkylation sites (tertiary alicyclic amines) is 1. The Morgan fingerprint density at radius 2 is 2.16 bits per heavy atom. The number of hydrogen-bond donors (Lipinski definition) is 1. The van der Waals surface area contributed by atoms with Crippen molar-refractivity contribution in [3.8, 4) is 0 Å². The molecule has 4 rings (SSSR count). The first-order chi connectivity index (χ1) is 15.0. The van der Waals surface area contributed by atoms with Gasteiger partial charge in [-0.05, 0) is 50.1 Å². The molecule has 1 aliphatic heterocycles. The normalized spacial score (nSPS) is 15.8. The molecule has 162 valence electrons. The van der Waals surface area contributed by atoms with Crippen LogP contribution in [0.1, 0.15) is 35.9 Å². The van der Waals surface area contributed by atoms with E-state index in [9.17, 15) is 9.18 Å². The quantitative estimate of drug-likeness (QED) is 0.566. The molecule has 0 saturated carbocycles. The third kappa shape index (κ3) is 5.19. The molecule has 6 nitrogen and oxygen atoms in total. The van der Waals surface area contributed by atoms with Gasteiger partial charge in [0, 0.05) is 43.3 Å². The predicted octanol–water partition coefficient (Wildman–Crippen LogP) is 4.92. The van der Waals surface area contributed by atoms with E-state index >= 15 is 0 Å². The number of nitrogens with one attached hydrogen (secondary N) is 1. The number of hydrogen-bond acceptors (Lipinski definition) is 6. The number of thiazole rings is 1. The molecule has 1 aromatic carbocycles. The Morgan fingerprint density at radius 3 is 2.94 bits per heavy atom. The molecule has 0 radical (unpaired) electrons. The summed E-state index contributed by atoms with van der Waals surface area (Å²) in [6.07, 6.45) is 4.06. The van der Waals surface area contributed by atoms with Crippen LogP contribution in [0.25, 0.3) is 0 Å². The van der Waals surface area contributed by atoms with Crippen molar-refractivity contribution in [1.29, 1.82) is 0 Å². The van der Waals surface area contributed by atoms with Crippen LogP contribution in [0.5, 0.6) is 0 Å². The summed E-state index contributed by atoms with van der Waals surface area (Å²) in [5.41, 5.74) is 1.66. The number of pyridine rings is 1. The highest BCUT2D eigenvalue weighted by Crippen LogP contribution is 2.32. The lowest BCUT2D eigenvalue weighted by Gasteiger charge is -2.26. The summed E-state index contributed by atoms with van der Waals surface area (Å²) in [7, 11) is 1.88. The average Bonchev–Trinajstić information content (AvgIpc) is 3.41. The van der Waals surface area contributed by atoms with Gasteiger partial charge in [-0.1, -0.05) is 12.1 Å². The average molecular weight is 440 g/mol. The summed E-state index contributed by atoms with van der Waals surface area (Å²) >= 11 is 1.58. The monoisotopic (exact) mass is 439 g/mol. The predicted molar refractivity (Wildman–Crippen MR) is 122 cm³/mol. The van der Waals surface area contributed by atoms with Crippen molar-refractivity contribution in [3.63, 3.8) is 0 Å². The summed E-state index contributed by atoms with van der Waals surface area (Å²) in [4.78, 5) is 27.0. The van der Waals surface area contributed by atoms with Crippen molar-refractivity contribution in [2.45, 2.75) is 32.2 Å². The molecular formula is C23H26FN5OS. The van der Waals surface area contributed by atoms with Gasteiger partial charge in [-0.15, -0.1) is 11.3 Å². The number of amides is 1. The van der Waals surface area contributed by atoms with Gasteiger partial charge in [-0.2, -0.15) is 0 Å². The van der Waals surface area contributed by atoms with Gasteiger partial charge in [-0.3, -0.25) is 4.79 Å². The van der Waals surface area contributed by atoms with Crippen LogP contribution in [0.2, 0.25) is 0 Å². The van der Waals surface area contributed by atoms with E-state index < -0.39 is 0 Å². The minimum absolute atomic E-state index is 0.0215. The molecule has 1 atom stereocenters. The SMILES string of the molecule is Cc1cnc(Nc2cccc([C@@H]3CCCN3C(=O)CCN(C)c3cccc(F)c3)n2)s1. The van der Waals surface area contributed by atoms with Gasteiger partial charge in [0.2, 0.25) is 5.91 Å². The summed E-state index contributed by atoms with van der Waals surface area (Å²) in [5.74, 6) is 0.557. The van der Waals surface area contributed by atoms with Gasteiger partial charge >= 0.3 is 0 Å². The molecule has 0 unspecified atom stereocenters. The smallest absolute Gasteiger partial charge is 0.224 e. The van der Waals surface area contributed by atoms with Gasteiger partial charge in [0.1, 0.15) is 11.6 Å². The molecule has 3 heterocycles. The van der Waals surface area contributed by atoms with E-state index in [0.29, 0.717) is 13.0 Å². The standard InChI is InChI=1S/C23H26FN5OS/c1-16-15-25-23(31-16)27-21-10-4-8-19(26-21)20-9-5-12-29(20)22(30)11-13-28(2)18-7-3-6-17(24)14-18/h3-4,6-8,10,14-15,20H,5,9,11-13H2,1-2H3,(H,25,26,27)/t20-/m0/s1. The molecule has 1 fully saturated rings. The minimum atomic E-state index is -0.275. The highest BCUT2D eigenvalue weighted by atomic mass is 32.1. The molecule has 1 N–H and O–H groups in total. The molecule has 0 bridgehead atoms. The van der Waals surface area contributed by atoms with Crippen LogP contribution in [-0.2, 0) is 4.79 Å². The highest BCUT2D eigenvalue weighted by molar-refractivity contribution is 7.15. The third-order valence-electron chi connectivity index (χ3n) is 5.45. The van der Waals surface area contributed by atoms with E-state index in [4.69, 9.17) is 4.98 Å². The molecule has 1 saturated heterocycles. The van der Waals surface area contributed by atoms with Gasteiger partial charge in [-0.25, -0.2) is 14.4 Å². The van der Waals surface area contributed by atoms with Crippen LogP contribution in [0.4, 0.5) is 21.0 Å². The Bertz CT molecular complexity index is 1060. The zero-order valence-corrected chi connectivity index (χ0v) is 18.5. The number of halogens is 1. The van der Waals surface area contributed by atoms with Crippen molar-refractivity contribution in [2.75, 3.05) is 30.4 Å². The maximum Gasteiger partial charge on any atom is 0.224 e. The van der Waals surface area contributed by atoms with E-state index in [2.05, 4.69) is 10.3 Å². The molecule has 8 heteroatoms. The maximum absolute atomic E-state index is 13.5. The molecule has 1 aliphatic rings. The van der Waals surface area contributed by atoms with Crippen molar-refractivity contribution < 1.29 is 9.18 Å². The molecule has 2 aromatic heterocycles. The molecule has 31 heavy (non-hydrogen) atoms. The van der Waals surface area contributed by atoms with Crippen LogP contribution in [-0.4, -0.2) is 40.9 Å². The number of aromatic nitrogens is 2. The molecule has 0 aliphatic carbocycles. The number of nitrogens with zero attached hydrogens (tertiary/aromatic N) is 4. The molecule has 3 aromatic rings. The van der Waals surface area contributed by atoms with Crippen molar-refractivity contribution in [1.82, 2.24) is 14.9 Å². The van der Waals surface area contributed by atoms with E-state index in [1.807, 2.05) is 54.2 Å². The zero-order valence-electron chi connectivity index (χ0n) is 17.7. The van der Waals surface area contributed by atoms with Crippen LogP contribution >= 0.6 is 11.3 Å². The second-order valence-electron chi connectivity index (χ2n) is 7.75. The van der Waals surface area contributed by atoms with E-state index in [-0.39, 0.29) is 17.8 Å². The lowest BCUT2D eigenvalue weighted by atomic mass is 10.1. The van der Waals surface area contributed by atoms with Crippen molar-refractivity contribution in [3.05, 3.63) is 65.0 Å². The first-order valence-electron chi connectivity index (χ1n) is 10.4. The van der Waals surface area contributed by atoms with Crippen molar-refractivity contribution >= 4 is 33.9 Å². The largest absolute Gasteiger partial charge is 0.374 e. The van der Waals surface area contributed by atoms with E-state index in [1.54, 1.807) is 17.4 Å². The fraction of sp³-hybridized carbons (Fsp3) is 0.348.